The van der Waals surface area contributed by atoms with Crippen molar-refractivity contribution in [2.45, 2.75) is 142 Å². The zero-order valence-electron chi connectivity index (χ0n) is 24.0. The van der Waals surface area contributed by atoms with Gasteiger partial charge in [-0.3, -0.25) is 19.2 Å². The van der Waals surface area contributed by atoms with Crippen LogP contribution >= 0.6 is 0 Å². The normalized spacial score (nSPS) is 22.9. The molecule has 0 aromatic carbocycles. The topological polar surface area (TPSA) is 126 Å². The number of amides is 1. The van der Waals surface area contributed by atoms with Crippen molar-refractivity contribution in [1.82, 2.24) is 5.32 Å². The molecule has 1 aliphatic rings. The van der Waals surface area contributed by atoms with Gasteiger partial charge in [0.05, 0.1) is 0 Å². The van der Waals surface area contributed by atoms with Crippen LogP contribution in [0.4, 0.5) is 0 Å². The second-order valence-corrected chi connectivity index (χ2v) is 9.98. The van der Waals surface area contributed by atoms with E-state index in [4.69, 9.17) is 23.7 Å². The molecule has 0 saturated carbocycles. The predicted molar refractivity (Wildman–Crippen MR) is 141 cm³/mol. The number of esters is 3. The van der Waals surface area contributed by atoms with Gasteiger partial charge in [-0.2, -0.15) is 0 Å². The van der Waals surface area contributed by atoms with Crippen molar-refractivity contribution in [2.24, 2.45) is 0 Å². The summed E-state index contributed by atoms with van der Waals surface area (Å²) in [7, 11) is 0. The molecular formula is C28H49NO9. The average molecular weight is 544 g/mol. The van der Waals surface area contributed by atoms with E-state index < -0.39 is 54.5 Å². The maximum atomic E-state index is 12.0. The minimum absolute atomic E-state index is 0.240. The van der Waals surface area contributed by atoms with Crippen molar-refractivity contribution >= 4 is 23.8 Å². The van der Waals surface area contributed by atoms with E-state index >= 15 is 0 Å². The lowest BCUT2D eigenvalue weighted by Gasteiger charge is -2.44. The standard InChI is InChI=1S/C28H49NO9/c1-6-7-8-9-10-11-12-13-14-15-16-17-18-34-28-25(29-20(2)30)27(37-23(5)33)26(36-22(4)32)24(38-28)19-35-21(3)31/h24-28H,6-19H2,1-5H3,(H,29,30)/t24-,25-,26-,27-,28-/m1/s1. The van der Waals surface area contributed by atoms with Gasteiger partial charge in [0.2, 0.25) is 5.91 Å². The zero-order valence-corrected chi connectivity index (χ0v) is 24.0. The second kappa shape index (κ2) is 19.8. The second-order valence-electron chi connectivity index (χ2n) is 9.98. The number of ether oxygens (including phenoxy) is 5. The molecule has 220 valence electrons. The predicted octanol–water partition coefficient (Wildman–Crippen LogP) is 4.36. The van der Waals surface area contributed by atoms with Crippen molar-refractivity contribution in [3.63, 3.8) is 0 Å². The molecule has 38 heavy (non-hydrogen) atoms. The molecule has 1 fully saturated rings. The monoisotopic (exact) mass is 543 g/mol. The Morgan fingerprint density at radius 1 is 0.684 bits per heavy atom. The van der Waals surface area contributed by atoms with E-state index in [0.29, 0.717) is 6.61 Å². The third-order valence-corrected chi connectivity index (χ3v) is 6.35. The van der Waals surface area contributed by atoms with Crippen molar-refractivity contribution in [1.29, 1.82) is 0 Å². The van der Waals surface area contributed by atoms with Gasteiger partial charge in [0, 0.05) is 34.3 Å². The molecule has 0 bridgehead atoms. The first-order valence-corrected chi connectivity index (χ1v) is 14.2. The third kappa shape index (κ3) is 14.7. The lowest BCUT2D eigenvalue weighted by Crippen LogP contribution is -2.66. The van der Waals surface area contributed by atoms with Crippen LogP contribution in [0.3, 0.4) is 0 Å². The van der Waals surface area contributed by atoms with Crippen molar-refractivity contribution in [2.75, 3.05) is 13.2 Å². The van der Waals surface area contributed by atoms with Gasteiger partial charge in [0.25, 0.3) is 0 Å². The van der Waals surface area contributed by atoms with E-state index in [-0.39, 0.29) is 6.61 Å². The van der Waals surface area contributed by atoms with Crippen LogP contribution in [0.15, 0.2) is 0 Å². The summed E-state index contributed by atoms with van der Waals surface area (Å²) in [5, 5.41) is 2.71. The lowest BCUT2D eigenvalue weighted by molar-refractivity contribution is -0.277. The summed E-state index contributed by atoms with van der Waals surface area (Å²) >= 11 is 0. The number of nitrogens with one attached hydrogen (secondary N) is 1. The van der Waals surface area contributed by atoms with E-state index in [0.717, 1.165) is 19.3 Å². The molecule has 0 aromatic heterocycles. The molecule has 1 saturated heterocycles. The van der Waals surface area contributed by atoms with Crippen LogP contribution in [-0.2, 0) is 42.9 Å². The molecule has 0 aromatic rings. The van der Waals surface area contributed by atoms with E-state index in [1.807, 2.05) is 0 Å². The highest BCUT2D eigenvalue weighted by molar-refractivity contribution is 5.73. The number of rotatable bonds is 19. The number of carbonyl (C=O) groups is 4. The molecule has 1 rings (SSSR count). The molecule has 0 aliphatic carbocycles. The van der Waals surface area contributed by atoms with Crippen molar-refractivity contribution in [3.05, 3.63) is 0 Å². The summed E-state index contributed by atoms with van der Waals surface area (Å²) in [6, 6.07) is -0.924. The maximum Gasteiger partial charge on any atom is 0.303 e. The fourth-order valence-electron chi connectivity index (χ4n) is 4.58. The van der Waals surface area contributed by atoms with Crippen LogP contribution in [0.2, 0.25) is 0 Å². The number of unbranched alkanes of at least 4 members (excludes halogenated alkanes) is 11. The van der Waals surface area contributed by atoms with Crippen LogP contribution in [0.25, 0.3) is 0 Å². The first-order chi connectivity index (χ1) is 18.1. The fraction of sp³-hybridized carbons (Fsp3) is 0.857. The van der Waals surface area contributed by atoms with Gasteiger partial charge in [-0.05, 0) is 6.42 Å². The minimum atomic E-state index is -1.11. The molecule has 1 heterocycles. The van der Waals surface area contributed by atoms with E-state index in [2.05, 4.69) is 12.2 Å². The summed E-state index contributed by atoms with van der Waals surface area (Å²) in [6.45, 7) is 7.34. The Balaban J connectivity index is 2.65. The quantitative estimate of drug-likeness (QED) is 0.144. The Labute approximate surface area is 227 Å². The summed E-state index contributed by atoms with van der Waals surface area (Å²) in [4.78, 5) is 47.1. The van der Waals surface area contributed by atoms with Gasteiger partial charge in [-0.15, -0.1) is 0 Å². The van der Waals surface area contributed by atoms with E-state index in [9.17, 15) is 19.2 Å². The first-order valence-electron chi connectivity index (χ1n) is 14.2. The fourth-order valence-corrected chi connectivity index (χ4v) is 4.58. The first kappa shape index (κ1) is 33.8. The Kier molecular flexibility index (Phi) is 17.6. The number of hydrogen-bond acceptors (Lipinski definition) is 9. The maximum absolute atomic E-state index is 12.0. The van der Waals surface area contributed by atoms with Crippen LogP contribution < -0.4 is 5.32 Å². The van der Waals surface area contributed by atoms with E-state index in [1.54, 1.807) is 0 Å². The van der Waals surface area contributed by atoms with Crippen LogP contribution in [0.5, 0.6) is 0 Å². The highest BCUT2D eigenvalue weighted by Gasteiger charge is 2.51. The highest BCUT2D eigenvalue weighted by atomic mass is 16.7. The number of carbonyl (C=O) groups excluding carboxylic acids is 4. The Hall–Kier alpha value is -2.20. The highest BCUT2D eigenvalue weighted by Crippen LogP contribution is 2.28. The van der Waals surface area contributed by atoms with Gasteiger partial charge < -0.3 is 29.0 Å². The third-order valence-electron chi connectivity index (χ3n) is 6.35. The summed E-state index contributed by atoms with van der Waals surface area (Å²) in [6.07, 6.45) is 10.4. The molecular weight excluding hydrogens is 494 g/mol. The number of hydrogen-bond donors (Lipinski definition) is 1. The summed E-state index contributed by atoms with van der Waals surface area (Å²) in [5.74, 6) is -2.21. The van der Waals surface area contributed by atoms with Gasteiger partial charge in [-0.25, -0.2) is 0 Å². The van der Waals surface area contributed by atoms with Gasteiger partial charge >= 0.3 is 17.9 Å². The Morgan fingerprint density at radius 2 is 1.18 bits per heavy atom. The van der Waals surface area contributed by atoms with Crippen LogP contribution in [0, 0.1) is 0 Å². The lowest BCUT2D eigenvalue weighted by atomic mass is 9.96. The van der Waals surface area contributed by atoms with Crippen LogP contribution in [-0.4, -0.2) is 67.7 Å². The molecule has 5 atom stereocenters. The van der Waals surface area contributed by atoms with Crippen molar-refractivity contribution < 1.29 is 42.9 Å². The Bertz CT molecular complexity index is 714. The molecule has 0 unspecified atom stereocenters. The molecule has 10 nitrogen and oxygen atoms in total. The average Bonchev–Trinajstić information content (AvgIpc) is 2.83. The van der Waals surface area contributed by atoms with Gasteiger partial charge in [-0.1, -0.05) is 77.6 Å². The summed E-state index contributed by atoms with van der Waals surface area (Å²) < 4.78 is 27.9. The largest absolute Gasteiger partial charge is 0.463 e. The summed E-state index contributed by atoms with van der Waals surface area (Å²) in [5.41, 5.74) is 0. The zero-order chi connectivity index (χ0) is 28.3. The van der Waals surface area contributed by atoms with Gasteiger partial charge in [0.15, 0.2) is 18.5 Å². The van der Waals surface area contributed by atoms with Crippen molar-refractivity contribution in [3.8, 4) is 0 Å². The molecule has 1 amide bonds. The molecule has 1 aliphatic heterocycles. The van der Waals surface area contributed by atoms with Crippen LogP contribution in [0.1, 0.15) is 112 Å². The SMILES string of the molecule is CCCCCCCCCCCCCCO[C@@H]1O[C@H](COC(C)=O)[C@@H](OC(C)=O)[C@H](OC(C)=O)[C@H]1NC(C)=O. The van der Waals surface area contributed by atoms with Gasteiger partial charge in [0.1, 0.15) is 18.8 Å². The molecule has 1 N–H and O–H groups in total. The smallest absolute Gasteiger partial charge is 0.303 e. The Morgan fingerprint density at radius 3 is 1.66 bits per heavy atom. The molecule has 10 heteroatoms. The molecule has 0 spiro atoms. The van der Waals surface area contributed by atoms with E-state index in [1.165, 1.54) is 85.5 Å². The molecule has 0 radical (unpaired) electrons. The minimum Gasteiger partial charge on any atom is -0.463 e.